The predicted octanol–water partition coefficient (Wildman–Crippen LogP) is 4.85. The third-order valence-electron chi connectivity index (χ3n) is 5.43. The zero-order chi connectivity index (χ0) is 22.5. The summed E-state index contributed by atoms with van der Waals surface area (Å²) in [4.78, 5) is 30.7. The minimum atomic E-state index is -0.369. The number of fused-ring (bicyclic) bond motifs is 1. The van der Waals surface area contributed by atoms with Crippen LogP contribution in [0, 0.1) is 0 Å². The second-order valence-electron chi connectivity index (χ2n) is 7.89. The molecule has 2 aromatic heterocycles. The molecule has 32 heavy (non-hydrogen) atoms. The van der Waals surface area contributed by atoms with Gasteiger partial charge in [0.25, 0.3) is 11.5 Å². The van der Waals surface area contributed by atoms with Crippen molar-refractivity contribution in [3.05, 3.63) is 111 Å². The highest BCUT2D eigenvalue weighted by Crippen LogP contribution is 2.15. The largest absolute Gasteiger partial charge is 0.349 e. The molecule has 6 heteroatoms. The Morgan fingerprint density at radius 1 is 1.03 bits per heavy atom. The van der Waals surface area contributed by atoms with Crippen molar-refractivity contribution in [2.45, 2.75) is 32.4 Å². The van der Waals surface area contributed by atoms with E-state index in [0.717, 1.165) is 23.8 Å². The van der Waals surface area contributed by atoms with Crippen molar-refractivity contribution in [3.63, 3.8) is 0 Å². The van der Waals surface area contributed by atoms with Gasteiger partial charge in [-0.05, 0) is 61.2 Å². The lowest BCUT2D eigenvalue weighted by Gasteiger charge is -2.16. The number of rotatable bonds is 7. The number of nitrogens with one attached hydrogen (secondary N) is 1. The predicted molar refractivity (Wildman–Crippen MR) is 128 cm³/mol. The van der Waals surface area contributed by atoms with Gasteiger partial charge >= 0.3 is 0 Å². The number of nitrogens with zero attached hydrogens (tertiary/aromatic N) is 2. The molecule has 1 amide bonds. The van der Waals surface area contributed by atoms with Crippen molar-refractivity contribution >= 4 is 28.5 Å². The van der Waals surface area contributed by atoms with E-state index in [9.17, 15) is 9.59 Å². The van der Waals surface area contributed by atoms with E-state index in [0.29, 0.717) is 17.2 Å². The van der Waals surface area contributed by atoms with Crippen molar-refractivity contribution in [2.24, 2.45) is 0 Å². The first-order chi connectivity index (χ1) is 15.5. The van der Waals surface area contributed by atoms with Gasteiger partial charge in [-0.1, -0.05) is 54.1 Å². The van der Waals surface area contributed by atoms with E-state index in [1.54, 1.807) is 35.0 Å². The Morgan fingerprint density at radius 2 is 1.78 bits per heavy atom. The molecule has 1 atom stereocenters. The Kier molecular flexibility index (Phi) is 6.66. The minimum absolute atomic E-state index is 0.0728. The number of hydrogen-bond acceptors (Lipinski definition) is 3. The van der Waals surface area contributed by atoms with Gasteiger partial charge in [0, 0.05) is 22.6 Å². The van der Waals surface area contributed by atoms with Crippen molar-refractivity contribution in [1.82, 2.24) is 14.9 Å². The van der Waals surface area contributed by atoms with Crippen LogP contribution in [0.4, 0.5) is 0 Å². The van der Waals surface area contributed by atoms with Crippen LogP contribution < -0.4 is 10.9 Å². The molecule has 0 saturated carbocycles. The summed E-state index contributed by atoms with van der Waals surface area (Å²) in [5, 5.41) is 4.35. The molecular weight excluding hydrogens is 422 g/mol. The van der Waals surface area contributed by atoms with Crippen LogP contribution in [-0.4, -0.2) is 21.5 Å². The first kappa shape index (κ1) is 21.8. The molecule has 1 unspecified atom stereocenters. The average Bonchev–Trinajstić information content (AvgIpc) is 2.81. The standard InChI is InChI=1S/C26H24ClN3O2/c1-18(9-10-19-6-3-2-4-7-19)29-25(31)23-16-21-8-5-15-28-24(21)30(26(23)32)17-20-11-13-22(27)14-12-20/h2-8,11-16,18H,9-10,17H2,1H3,(H,29,31). The first-order valence-electron chi connectivity index (χ1n) is 10.6. The molecule has 2 aromatic carbocycles. The summed E-state index contributed by atoms with van der Waals surface area (Å²) in [6, 6.07) is 22.6. The Hall–Kier alpha value is -3.44. The highest BCUT2D eigenvalue weighted by molar-refractivity contribution is 6.30. The summed E-state index contributed by atoms with van der Waals surface area (Å²) in [7, 11) is 0. The number of carbonyl (C=O) groups excluding carboxylic acids is 1. The Bertz CT molecular complexity index is 1280. The topological polar surface area (TPSA) is 64.0 Å². The third-order valence-corrected chi connectivity index (χ3v) is 5.68. The highest BCUT2D eigenvalue weighted by Gasteiger charge is 2.18. The lowest BCUT2D eigenvalue weighted by atomic mass is 10.1. The summed E-state index contributed by atoms with van der Waals surface area (Å²) in [5.74, 6) is -0.369. The van der Waals surface area contributed by atoms with E-state index in [-0.39, 0.29) is 23.1 Å². The minimum Gasteiger partial charge on any atom is -0.349 e. The fourth-order valence-corrected chi connectivity index (χ4v) is 3.82. The lowest BCUT2D eigenvalue weighted by Crippen LogP contribution is -2.38. The molecular formula is C26H24ClN3O2. The number of aromatic nitrogens is 2. The smallest absolute Gasteiger partial charge is 0.265 e. The summed E-state index contributed by atoms with van der Waals surface area (Å²) >= 11 is 5.99. The fraction of sp³-hybridized carbons (Fsp3) is 0.192. The second kappa shape index (κ2) is 9.79. The molecule has 0 spiro atoms. The Balaban J connectivity index is 1.59. The van der Waals surface area contributed by atoms with Crippen molar-refractivity contribution in [2.75, 3.05) is 0 Å². The van der Waals surface area contributed by atoms with Crippen molar-refractivity contribution in [3.8, 4) is 0 Å². The van der Waals surface area contributed by atoms with Gasteiger partial charge in [-0.2, -0.15) is 0 Å². The third kappa shape index (κ3) is 5.06. The maximum absolute atomic E-state index is 13.3. The molecule has 4 rings (SSSR count). The number of aryl methyl sites for hydroxylation is 1. The average molecular weight is 446 g/mol. The van der Waals surface area contributed by atoms with Crippen LogP contribution in [0.5, 0.6) is 0 Å². The molecule has 5 nitrogen and oxygen atoms in total. The molecule has 0 radical (unpaired) electrons. The first-order valence-corrected chi connectivity index (χ1v) is 11.0. The monoisotopic (exact) mass is 445 g/mol. The SMILES string of the molecule is CC(CCc1ccccc1)NC(=O)c1cc2cccnc2n(Cc2ccc(Cl)cc2)c1=O. The number of amides is 1. The summed E-state index contributed by atoms with van der Waals surface area (Å²) < 4.78 is 1.54. The molecule has 162 valence electrons. The van der Waals surface area contributed by atoms with Crippen LogP contribution in [0.15, 0.2) is 83.8 Å². The Morgan fingerprint density at radius 3 is 2.53 bits per heavy atom. The van der Waals surface area contributed by atoms with E-state index in [2.05, 4.69) is 22.4 Å². The zero-order valence-electron chi connectivity index (χ0n) is 17.8. The van der Waals surface area contributed by atoms with E-state index >= 15 is 0 Å². The van der Waals surface area contributed by atoms with E-state index < -0.39 is 0 Å². The Labute approximate surface area is 191 Å². The van der Waals surface area contributed by atoms with Gasteiger partial charge in [-0.3, -0.25) is 14.2 Å². The molecule has 2 heterocycles. The summed E-state index contributed by atoms with van der Waals surface area (Å²) in [5.41, 5.74) is 2.42. The number of benzene rings is 2. The molecule has 0 aliphatic rings. The highest BCUT2D eigenvalue weighted by atomic mass is 35.5. The van der Waals surface area contributed by atoms with Gasteiger partial charge in [-0.15, -0.1) is 0 Å². The fourth-order valence-electron chi connectivity index (χ4n) is 3.69. The molecule has 0 bridgehead atoms. The van der Waals surface area contributed by atoms with E-state index in [1.165, 1.54) is 5.56 Å². The maximum Gasteiger partial charge on any atom is 0.265 e. The van der Waals surface area contributed by atoms with E-state index in [4.69, 9.17) is 11.6 Å². The van der Waals surface area contributed by atoms with Gasteiger partial charge in [0.15, 0.2) is 0 Å². The van der Waals surface area contributed by atoms with Gasteiger partial charge in [0.05, 0.1) is 6.54 Å². The van der Waals surface area contributed by atoms with Crippen molar-refractivity contribution < 1.29 is 4.79 Å². The van der Waals surface area contributed by atoms with Crippen LogP contribution >= 0.6 is 11.6 Å². The molecule has 1 N–H and O–H groups in total. The van der Waals surface area contributed by atoms with Gasteiger partial charge < -0.3 is 5.32 Å². The van der Waals surface area contributed by atoms with Gasteiger partial charge in [-0.25, -0.2) is 4.98 Å². The number of halogens is 1. The molecule has 0 fully saturated rings. The van der Waals surface area contributed by atoms with Crippen LogP contribution in [-0.2, 0) is 13.0 Å². The zero-order valence-corrected chi connectivity index (χ0v) is 18.5. The number of carbonyl (C=O) groups is 1. The van der Waals surface area contributed by atoms with Crippen LogP contribution in [0.1, 0.15) is 34.8 Å². The normalized spacial score (nSPS) is 11.9. The van der Waals surface area contributed by atoms with E-state index in [1.807, 2.05) is 43.3 Å². The maximum atomic E-state index is 13.3. The summed E-state index contributed by atoms with van der Waals surface area (Å²) in [6.07, 6.45) is 3.28. The molecule has 4 aromatic rings. The van der Waals surface area contributed by atoms with Crippen LogP contribution in [0.25, 0.3) is 11.0 Å². The second-order valence-corrected chi connectivity index (χ2v) is 8.33. The van der Waals surface area contributed by atoms with Gasteiger partial charge in [0.1, 0.15) is 11.2 Å². The lowest BCUT2D eigenvalue weighted by molar-refractivity contribution is 0.0936. The molecule has 0 aliphatic carbocycles. The molecule has 0 saturated heterocycles. The molecule has 0 aliphatic heterocycles. The quantitative estimate of drug-likeness (QED) is 0.442. The van der Waals surface area contributed by atoms with Crippen LogP contribution in [0.2, 0.25) is 5.02 Å². The van der Waals surface area contributed by atoms with Crippen molar-refractivity contribution in [1.29, 1.82) is 0 Å². The van der Waals surface area contributed by atoms with Gasteiger partial charge in [0.2, 0.25) is 0 Å². The van der Waals surface area contributed by atoms with Crippen LogP contribution in [0.3, 0.4) is 0 Å². The summed E-state index contributed by atoms with van der Waals surface area (Å²) in [6.45, 7) is 2.25. The number of hydrogen-bond donors (Lipinski definition) is 1. The number of pyridine rings is 2.